The highest BCUT2D eigenvalue weighted by Gasteiger charge is 2.43. The van der Waals surface area contributed by atoms with Crippen molar-refractivity contribution in [1.82, 2.24) is 15.2 Å². The van der Waals surface area contributed by atoms with Crippen LogP contribution in [0, 0.1) is 0 Å². The van der Waals surface area contributed by atoms with Crippen LogP contribution >= 0.6 is 0 Å². The Morgan fingerprint density at radius 2 is 2.03 bits per heavy atom. The summed E-state index contributed by atoms with van der Waals surface area (Å²) in [5.41, 5.74) is 1.02. The normalized spacial score (nSPS) is 25.8. The number of carbonyl (C=O) groups excluding carboxylic acids is 1. The zero-order valence-corrected chi connectivity index (χ0v) is 16.0. The molecule has 7 heteroatoms. The monoisotopic (exact) mass is 403 g/mol. The number of fused-ring (bicyclic) bond motifs is 1. The van der Waals surface area contributed by atoms with Gasteiger partial charge in [0, 0.05) is 43.5 Å². The summed E-state index contributed by atoms with van der Waals surface area (Å²) < 4.78 is 39.8. The van der Waals surface area contributed by atoms with Crippen LogP contribution in [0.5, 0.6) is 0 Å². The van der Waals surface area contributed by atoms with E-state index in [2.05, 4.69) is 15.2 Å². The molecule has 3 atom stereocenters. The smallest absolute Gasteiger partial charge is 0.352 e. The van der Waals surface area contributed by atoms with Crippen LogP contribution in [-0.4, -0.2) is 27.9 Å². The summed E-state index contributed by atoms with van der Waals surface area (Å²) in [6.45, 7) is 0.589. The summed E-state index contributed by atoms with van der Waals surface area (Å²) in [6, 6.07) is 9.28. The highest BCUT2D eigenvalue weighted by Crippen LogP contribution is 2.41. The Morgan fingerprint density at radius 3 is 2.79 bits per heavy atom. The fourth-order valence-electron chi connectivity index (χ4n) is 4.62. The molecule has 0 saturated carbocycles. The maximum Gasteiger partial charge on any atom is 0.416 e. The van der Waals surface area contributed by atoms with Gasteiger partial charge in [0.15, 0.2) is 0 Å². The Morgan fingerprint density at radius 1 is 1.17 bits per heavy atom. The first kappa shape index (κ1) is 19.9. The van der Waals surface area contributed by atoms with E-state index in [-0.39, 0.29) is 24.0 Å². The maximum atomic E-state index is 13.3. The van der Waals surface area contributed by atoms with Crippen molar-refractivity contribution in [1.29, 1.82) is 0 Å². The molecule has 0 unspecified atom stereocenters. The molecule has 2 saturated heterocycles. The molecule has 2 aliphatic rings. The van der Waals surface area contributed by atoms with Crippen molar-refractivity contribution in [2.24, 2.45) is 0 Å². The number of benzene rings is 1. The van der Waals surface area contributed by atoms with E-state index < -0.39 is 11.7 Å². The molecule has 0 aliphatic carbocycles. The van der Waals surface area contributed by atoms with Crippen LogP contribution < -0.4 is 5.32 Å². The van der Waals surface area contributed by atoms with Crippen LogP contribution in [-0.2, 0) is 17.5 Å². The first-order valence-electron chi connectivity index (χ1n) is 10.0. The molecule has 3 heterocycles. The standard InChI is InChI=1S/C22H24F3N3O/c23-22(24,25)17-7-3-6-16(11-17)20-12-18-19(8-1-2-9-21(29)27-18)28(20)14-15-5-4-10-26-13-15/h3-7,10-11,13,18-20H,1-2,8-9,12,14H2,(H,27,29)/t18-,19+,20+/m1/s1. The molecule has 1 N–H and O–H groups in total. The average molecular weight is 403 g/mol. The van der Waals surface area contributed by atoms with E-state index >= 15 is 0 Å². The van der Waals surface area contributed by atoms with Crippen molar-refractivity contribution in [3.05, 3.63) is 65.5 Å². The molecule has 0 bridgehead atoms. The van der Waals surface area contributed by atoms with Crippen molar-refractivity contribution < 1.29 is 18.0 Å². The van der Waals surface area contributed by atoms with Crippen LogP contribution in [0.25, 0.3) is 0 Å². The number of amides is 1. The third-order valence-electron chi connectivity index (χ3n) is 5.95. The van der Waals surface area contributed by atoms with Crippen LogP contribution in [0.4, 0.5) is 13.2 Å². The summed E-state index contributed by atoms with van der Waals surface area (Å²) in [7, 11) is 0. The third-order valence-corrected chi connectivity index (χ3v) is 5.95. The van der Waals surface area contributed by atoms with Crippen LogP contribution in [0.3, 0.4) is 0 Å². The minimum Gasteiger partial charge on any atom is -0.352 e. The van der Waals surface area contributed by atoms with Crippen LogP contribution in [0.1, 0.15) is 54.8 Å². The third kappa shape index (κ3) is 4.45. The highest BCUT2D eigenvalue weighted by molar-refractivity contribution is 5.76. The summed E-state index contributed by atoms with van der Waals surface area (Å²) in [5.74, 6) is 0.0331. The lowest BCUT2D eigenvalue weighted by molar-refractivity contribution is -0.137. The van der Waals surface area contributed by atoms with E-state index in [1.807, 2.05) is 12.1 Å². The van der Waals surface area contributed by atoms with Gasteiger partial charge in [-0.1, -0.05) is 24.6 Å². The minimum atomic E-state index is -4.38. The van der Waals surface area contributed by atoms with Crippen LogP contribution in [0.2, 0.25) is 0 Å². The molecule has 2 fully saturated rings. The van der Waals surface area contributed by atoms with Gasteiger partial charge in [0.2, 0.25) is 5.91 Å². The molecule has 1 aromatic heterocycles. The molecule has 4 rings (SSSR count). The van der Waals surface area contributed by atoms with Crippen molar-refractivity contribution in [2.45, 2.75) is 63.0 Å². The number of pyridine rings is 1. The number of carbonyl (C=O) groups is 1. The molecule has 0 radical (unpaired) electrons. The lowest BCUT2D eigenvalue weighted by atomic mass is 9.97. The summed E-state index contributed by atoms with van der Waals surface area (Å²) in [6.07, 6.45) is 2.93. The minimum absolute atomic E-state index is 0.0331. The number of hydrogen-bond donors (Lipinski definition) is 1. The van der Waals surface area contributed by atoms with Gasteiger partial charge in [0.1, 0.15) is 0 Å². The van der Waals surface area contributed by atoms with E-state index in [0.717, 1.165) is 30.9 Å². The van der Waals surface area contributed by atoms with Gasteiger partial charge in [0.25, 0.3) is 0 Å². The van der Waals surface area contributed by atoms with Gasteiger partial charge in [-0.3, -0.25) is 14.7 Å². The predicted octanol–water partition coefficient (Wildman–Crippen LogP) is 4.47. The first-order valence-corrected chi connectivity index (χ1v) is 10.0. The van der Waals surface area contributed by atoms with Gasteiger partial charge in [-0.2, -0.15) is 13.2 Å². The first-order chi connectivity index (χ1) is 13.9. The molecule has 154 valence electrons. The number of rotatable bonds is 3. The largest absolute Gasteiger partial charge is 0.416 e. The number of hydrogen-bond acceptors (Lipinski definition) is 3. The fourth-order valence-corrected chi connectivity index (χ4v) is 4.62. The zero-order valence-electron chi connectivity index (χ0n) is 16.0. The van der Waals surface area contributed by atoms with E-state index in [0.29, 0.717) is 24.9 Å². The van der Waals surface area contributed by atoms with Crippen molar-refractivity contribution in [3.8, 4) is 0 Å². The highest BCUT2D eigenvalue weighted by atomic mass is 19.4. The van der Waals surface area contributed by atoms with E-state index in [1.54, 1.807) is 18.5 Å². The Hall–Kier alpha value is -2.41. The van der Waals surface area contributed by atoms with E-state index in [4.69, 9.17) is 0 Å². The topological polar surface area (TPSA) is 45.2 Å². The molecule has 1 amide bonds. The number of alkyl halides is 3. The lowest BCUT2D eigenvalue weighted by Crippen LogP contribution is -2.46. The average Bonchev–Trinajstić information content (AvgIpc) is 3.00. The zero-order chi connectivity index (χ0) is 20.4. The predicted molar refractivity (Wildman–Crippen MR) is 103 cm³/mol. The molecular weight excluding hydrogens is 379 g/mol. The second kappa shape index (κ2) is 8.14. The van der Waals surface area contributed by atoms with Gasteiger partial charge >= 0.3 is 6.18 Å². The number of nitrogens with zero attached hydrogens (tertiary/aromatic N) is 2. The molecule has 2 aliphatic heterocycles. The quantitative estimate of drug-likeness (QED) is 0.822. The van der Waals surface area contributed by atoms with Gasteiger partial charge in [0.05, 0.1) is 5.56 Å². The molecule has 0 spiro atoms. The number of likely N-dealkylation sites (tertiary alicyclic amines) is 1. The number of halogens is 3. The SMILES string of the molecule is O=C1CCCC[C@H]2[C@@H](C[C@@H](c3cccc(C(F)(F)F)c3)N2Cc2cccnc2)N1. The Bertz CT molecular complexity index is 856. The van der Waals surface area contributed by atoms with Gasteiger partial charge in [-0.15, -0.1) is 0 Å². The molecular formula is C22H24F3N3O. The Balaban J connectivity index is 1.69. The summed E-state index contributed by atoms with van der Waals surface area (Å²) in [5, 5.41) is 3.12. The second-order valence-corrected chi connectivity index (χ2v) is 7.90. The van der Waals surface area contributed by atoms with Gasteiger partial charge < -0.3 is 5.32 Å². The lowest BCUT2D eigenvalue weighted by Gasteiger charge is -2.33. The maximum absolute atomic E-state index is 13.3. The number of aromatic nitrogens is 1. The van der Waals surface area contributed by atoms with Gasteiger partial charge in [-0.25, -0.2) is 0 Å². The van der Waals surface area contributed by atoms with E-state index in [1.165, 1.54) is 12.1 Å². The molecule has 2 aromatic rings. The summed E-state index contributed by atoms with van der Waals surface area (Å²) >= 11 is 0. The molecule has 4 nitrogen and oxygen atoms in total. The van der Waals surface area contributed by atoms with Gasteiger partial charge in [-0.05, 0) is 48.6 Å². The van der Waals surface area contributed by atoms with E-state index in [9.17, 15) is 18.0 Å². The Kier molecular flexibility index (Phi) is 5.58. The second-order valence-electron chi connectivity index (χ2n) is 7.90. The van der Waals surface area contributed by atoms with Crippen molar-refractivity contribution in [2.75, 3.05) is 0 Å². The Labute approximate surface area is 168 Å². The van der Waals surface area contributed by atoms with Crippen molar-refractivity contribution in [3.63, 3.8) is 0 Å². The van der Waals surface area contributed by atoms with Crippen molar-refractivity contribution >= 4 is 5.91 Å². The fraction of sp³-hybridized carbons (Fsp3) is 0.455. The molecule has 1 aromatic carbocycles. The van der Waals surface area contributed by atoms with Crippen LogP contribution in [0.15, 0.2) is 48.8 Å². The molecule has 29 heavy (non-hydrogen) atoms. The number of nitrogens with one attached hydrogen (secondary N) is 1. The summed E-state index contributed by atoms with van der Waals surface area (Å²) in [4.78, 5) is 18.6.